The molecule has 0 unspecified atom stereocenters. The fourth-order valence-corrected chi connectivity index (χ4v) is 3.49. The number of ketones is 1. The molecule has 8 nitrogen and oxygen atoms in total. The van der Waals surface area contributed by atoms with Gasteiger partial charge in [0.15, 0.2) is 28.8 Å². The molecule has 0 N–H and O–H groups in total. The maximum absolute atomic E-state index is 12.7. The molecule has 0 saturated heterocycles. The minimum atomic E-state index is -0.517. The summed E-state index contributed by atoms with van der Waals surface area (Å²) < 4.78 is 21.3. The van der Waals surface area contributed by atoms with E-state index in [9.17, 15) is 14.9 Å². The number of hydrogen-bond acceptors (Lipinski definition) is 7. The number of nitrogens with zero attached hydrogens (tertiary/aromatic N) is 1. The standard InChI is InChI=1S/C21H21NO7/c1-26-18-8-6-13-14(21(18)29-4)5-7-17(23)15(13)9-12-10-19(27-2)20(28-3)11-16(12)22(24)25/h6,8-11H,5,7H2,1-4H3. The highest BCUT2D eigenvalue weighted by molar-refractivity contribution is 6.27. The summed E-state index contributed by atoms with van der Waals surface area (Å²) in [6, 6.07) is 6.26. The SMILES string of the molecule is COc1cc(C=C2C(=O)CCc3c2ccc(OC)c3OC)c([N+](=O)[O-])cc1OC. The Labute approximate surface area is 167 Å². The molecule has 0 aliphatic heterocycles. The Kier molecular flexibility index (Phi) is 5.72. The summed E-state index contributed by atoms with van der Waals surface area (Å²) in [6.45, 7) is 0. The molecule has 0 spiro atoms. The molecule has 0 bridgehead atoms. The van der Waals surface area contributed by atoms with E-state index in [0.717, 1.165) is 5.56 Å². The summed E-state index contributed by atoms with van der Waals surface area (Å²) in [7, 11) is 5.93. The summed E-state index contributed by atoms with van der Waals surface area (Å²) in [5, 5.41) is 11.6. The number of allylic oxidation sites excluding steroid dienone is 1. The van der Waals surface area contributed by atoms with Gasteiger partial charge in [-0.25, -0.2) is 0 Å². The van der Waals surface area contributed by atoms with Crippen LogP contribution in [-0.2, 0) is 11.2 Å². The number of rotatable bonds is 6. The third-order valence-electron chi connectivity index (χ3n) is 4.87. The van der Waals surface area contributed by atoms with Crippen molar-refractivity contribution in [2.24, 2.45) is 0 Å². The van der Waals surface area contributed by atoms with Crippen LogP contribution in [0.25, 0.3) is 11.6 Å². The minimum Gasteiger partial charge on any atom is -0.493 e. The number of nitro benzene ring substituents is 1. The van der Waals surface area contributed by atoms with E-state index in [1.165, 1.54) is 39.5 Å². The van der Waals surface area contributed by atoms with Crippen LogP contribution in [0.2, 0.25) is 0 Å². The molecular formula is C21H21NO7. The first-order chi connectivity index (χ1) is 13.9. The van der Waals surface area contributed by atoms with Crippen molar-refractivity contribution in [3.05, 3.63) is 51.1 Å². The lowest BCUT2D eigenvalue weighted by Gasteiger charge is -2.22. The first-order valence-electron chi connectivity index (χ1n) is 8.84. The van der Waals surface area contributed by atoms with Crippen LogP contribution < -0.4 is 18.9 Å². The van der Waals surface area contributed by atoms with Crippen LogP contribution in [0.3, 0.4) is 0 Å². The third-order valence-corrected chi connectivity index (χ3v) is 4.87. The Balaban J connectivity index is 2.24. The lowest BCUT2D eigenvalue weighted by Crippen LogP contribution is -2.14. The summed E-state index contributed by atoms with van der Waals surface area (Å²) >= 11 is 0. The van der Waals surface area contributed by atoms with Crippen molar-refractivity contribution in [3.63, 3.8) is 0 Å². The number of nitro groups is 1. The van der Waals surface area contributed by atoms with Gasteiger partial charge in [0.25, 0.3) is 5.69 Å². The molecule has 1 aliphatic carbocycles. The number of fused-ring (bicyclic) bond motifs is 1. The van der Waals surface area contributed by atoms with Gasteiger partial charge < -0.3 is 18.9 Å². The van der Waals surface area contributed by atoms with Crippen molar-refractivity contribution >= 4 is 23.1 Å². The lowest BCUT2D eigenvalue weighted by atomic mass is 9.84. The first kappa shape index (κ1) is 20.2. The van der Waals surface area contributed by atoms with E-state index in [1.807, 2.05) is 0 Å². The summed E-state index contributed by atoms with van der Waals surface area (Å²) in [5.41, 5.74) is 1.94. The van der Waals surface area contributed by atoms with Gasteiger partial charge in [0.05, 0.1) is 45.0 Å². The molecule has 152 valence electrons. The Bertz CT molecular complexity index is 1010. The van der Waals surface area contributed by atoms with Crippen LogP contribution in [0.4, 0.5) is 5.69 Å². The minimum absolute atomic E-state index is 0.103. The van der Waals surface area contributed by atoms with Crippen LogP contribution in [0.15, 0.2) is 24.3 Å². The van der Waals surface area contributed by atoms with Gasteiger partial charge in [-0.15, -0.1) is 0 Å². The second-order valence-corrected chi connectivity index (χ2v) is 6.33. The normalized spacial score (nSPS) is 14.3. The van der Waals surface area contributed by atoms with Gasteiger partial charge >= 0.3 is 0 Å². The van der Waals surface area contributed by atoms with Crippen molar-refractivity contribution < 1.29 is 28.7 Å². The molecule has 0 heterocycles. The highest BCUT2D eigenvalue weighted by atomic mass is 16.6. The highest BCUT2D eigenvalue weighted by Gasteiger charge is 2.28. The second-order valence-electron chi connectivity index (χ2n) is 6.33. The molecule has 0 radical (unpaired) electrons. The van der Waals surface area contributed by atoms with Gasteiger partial charge in [-0.1, -0.05) is 6.07 Å². The Hall–Kier alpha value is -3.55. The molecule has 1 aliphatic rings. The van der Waals surface area contributed by atoms with Crippen molar-refractivity contribution in [1.29, 1.82) is 0 Å². The van der Waals surface area contributed by atoms with Gasteiger partial charge in [-0.2, -0.15) is 0 Å². The second kappa shape index (κ2) is 8.22. The van der Waals surface area contributed by atoms with Crippen LogP contribution in [-0.4, -0.2) is 39.1 Å². The average Bonchev–Trinajstić information content (AvgIpc) is 2.73. The molecule has 2 aromatic rings. The van der Waals surface area contributed by atoms with Gasteiger partial charge in [0.1, 0.15) is 0 Å². The third kappa shape index (κ3) is 3.61. The predicted molar refractivity (Wildman–Crippen MR) is 107 cm³/mol. The van der Waals surface area contributed by atoms with E-state index in [1.54, 1.807) is 19.2 Å². The molecule has 29 heavy (non-hydrogen) atoms. The average molecular weight is 399 g/mol. The quantitative estimate of drug-likeness (QED) is 0.415. The van der Waals surface area contributed by atoms with E-state index in [0.29, 0.717) is 34.8 Å². The monoisotopic (exact) mass is 399 g/mol. The molecule has 2 aromatic carbocycles. The fourth-order valence-electron chi connectivity index (χ4n) is 3.49. The molecule has 0 aromatic heterocycles. The zero-order chi connectivity index (χ0) is 21.1. The van der Waals surface area contributed by atoms with Crippen molar-refractivity contribution in [2.75, 3.05) is 28.4 Å². The van der Waals surface area contributed by atoms with Crippen LogP contribution in [0.5, 0.6) is 23.0 Å². The molecule has 0 fully saturated rings. The fraction of sp³-hybridized carbons (Fsp3) is 0.286. The lowest BCUT2D eigenvalue weighted by molar-refractivity contribution is -0.385. The van der Waals surface area contributed by atoms with Crippen LogP contribution >= 0.6 is 0 Å². The Morgan fingerprint density at radius 2 is 1.59 bits per heavy atom. The molecule has 3 rings (SSSR count). The number of carbonyl (C=O) groups excluding carboxylic acids is 1. The maximum atomic E-state index is 12.7. The van der Waals surface area contributed by atoms with E-state index < -0.39 is 4.92 Å². The van der Waals surface area contributed by atoms with Crippen molar-refractivity contribution in [3.8, 4) is 23.0 Å². The number of carbonyl (C=O) groups is 1. The zero-order valence-corrected chi connectivity index (χ0v) is 16.6. The molecule has 0 atom stereocenters. The van der Waals surface area contributed by atoms with Crippen LogP contribution in [0, 0.1) is 10.1 Å². The first-order valence-corrected chi connectivity index (χ1v) is 8.84. The van der Waals surface area contributed by atoms with Gasteiger partial charge in [0, 0.05) is 17.6 Å². The maximum Gasteiger partial charge on any atom is 0.280 e. The Morgan fingerprint density at radius 3 is 2.17 bits per heavy atom. The Morgan fingerprint density at radius 1 is 0.931 bits per heavy atom. The largest absolute Gasteiger partial charge is 0.493 e. The molecular weight excluding hydrogens is 378 g/mol. The smallest absolute Gasteiger partial charge is 0.280 e. The number of hydrogen-bond donors (Lipinski definition) is 0. The van der Waals surface area contributed by atoms with Crippen LogP contribution in [0.1, 0.15) is 23.1 Å². The summed E-state index contributed by atoms with van der Waals surface area (Å²) in [5.74, 6) is 1.60. The van der Waals surface area contributed by atoms with Crippen molar-refractivity contribution in [2.45, 2.75) is 12.8 Å². The number of ether oxygens (including phenoxy) is 4. The van der Waals surface area contributed by atoms with E-state index in [2.05, 4.69) is 0 Å². The van der Waals surface area contributed by atoms with E-state index in [4.69, 9.17) is 18.9 Å². The van der Waals surface area contributed by atoms with Gasteiger partial charge in [-0.3, -0.25) is 14.9 Å². The number of methoxy groups -OCH3 is 4. The van der Waals surface area contributed by atoms with Crippen molar-refractivity contribution in [1.82, 2.24) is 0 Å². The summed E-state index contributed by atoms with van der Waals surface area (Å²) in [6.07, 6.45) is 2.29. The topological polar surface area (TPSA) is 97.1 Å². The molecule has 0 saturated carbocycles. The summed E-state index contributed by atoms with van der Waals surface area (Å²) in [4.78, 5) is 23.8. The van der Waals surface area contributed by atoms with E-state index >= 15 is 0 Å². The molecule has 8 heteroatoms. The highest BCUT2D eigenvalue weighted by Crippen LogP contribution is 2.42. The zero-order valence-electron chi connectivity index (χ0n) is 16.6. The number of benzene rings is 2. The molecule has 0 amide bonds. The number of Topliss-reactive ketones (excluding diaryl/α,β-unsaturated/α-hetero) is 1. The van der Waals surface area contributed by atoms with Gasteiger partial charge in [0.2, 0.25) is 0 Å². The van der Waals surface area contributed by atoms with E-state index in [-0.39, 0.29) is 29.2 Å². The van der Waals surface area contributed by atoms with Gasteiger partial charge in [-0.05, 0) is 30.2 Å². The predicted octanol–water partition coefficient (Wildman–Crippen LogP) is 3.69.